The highest BCUT2D eigenvalue weighted by molar-refractivity contribution is 14.1. The number of hydrazone groups is 1. The standard InChI is InChI=1S/C23H17ClF3IN2O3/c1-32-20-10-15(9-19(24)21(20)33-13-14-5-7-18(28)8-6-14)12-29-30-22(31)16-3-2-4-17(11-16)23(25,26)27/h2-12H,13H2,1H3,(H,30,31)/b29-12-. The van der Waals surface area contributed by atoms with Gasteiger partial charge in [0, 0.05) is 9.13 Å². The zero-order valence-electron chi connectivity index (χ0n) is 17.1. The molecule has 0 unspecified atom stereocenters. The van der Waals surface area contributed by atoms with Gasteiger partial charge in [0.25, 0.3) is 5.91 Å². The van der Waals surface area contributed by atoms with Crippen LogP contribution in [-0.2, 0) is 12.8 Å². The summed E-state index contributed by atoms with van der Waals surface area (Å²) in [5.41, 5.74) is 2.55. The normalized spacial score (nSPS) is 11.5. The molecule has 0 aliphatic heterocycles. The Labute approximate surface area is 206 Å². The molecule has 0 saturated carbocycles. The predicted octanol–water partition coefficient (Wildman–Crippen LogP) is 6.31. The van der Waals surface area contributed by atoms with E-state index >= 15 is 0 Å². The monoisotopic (exact) mass is 588 g/mol. The van der Waals surface area contributed by atoms with E-state index in [0.717, 1.165) is 27.3 Å². The Hall–Kier alpha value is -2.79. The van der Waals surface area contributed by atoms with E-state index in [2.05, 4.69) is 33.1 Å². The van der Waals surface area contributed by atoms with Crippen LogP contribution in [0, 0.1) is 3.57 Å². The highest BCUT2D eigenvalue weighted by Crippen LogP contribution is 2.36. The van der Waals surface area contributed by atoms with Crippen molar-refractivity contribution >= 4 is 46.3 Å². The van der Waals surface area contributed by atoms with Crippen LogP contribution in [0.1, 0.15) is 27.0 Å². The van der Waals surface area contributed by atoms with E-state index in [0.29, 0.717) is 17.1 Å². The third-order valence-corrected chi connectivity index (χ3v) is 5.38. The van der Waals surface area contributed by atoms with Crippen LogP contribution in [0.2, 0.25) is 5.02 Å². The zero-order valence-corrected chi connectivity index (χ0v) is 20.0. The quantitative estimate of drug-likeness (QED) is 0.200. The van der Waals surface area contributed by atoms with Gasteiger partial charge in [0.1, 0.15) is 6.61 Å². The molecule has 0 fully saturated rings. The highest BCUT2D eigenvalue weighted by atomic mass is 127. The van der Waals surface area contributed by atoms with Crippen molar-refractivity contribution in [3.8, 4) is 11.5 Å². The Balaban J connectivity index is 1.69. The Kier molecular flexibility index (Phi) is 8.20. The number of amides is 1. The molecule has 0 aliphatic rings. The molecule has 0 radical (unpaired) electrons. The zero-order chi connectivity index (χ0) is 24.0. The first kappa shape index (κ1) is 24.8. The molecule has 1 amide bonds. The third-order valence-electron chi connectivity index (χ3n) is 4.38. The van der Waals surface area contributed by atoms with Crippen LogP contribution in [0.5, 0.6) is 11.5 Å². The lowest BCUT2D eigenvalue weighted by molar-refractivity contribution is -0.137. The lowest BCUT2D eigenvalue weighted by Crippen LogP contribution is -2.18. The molecule has 0 spiro atoms. The van der Waals surface area contributed by atoms with Crippen molar-refractivity contribution in [3.05, 3.63) is 91.5 Å². The first-order valence-corrected chi connectivity index (χ1v) is 10.9. The number of benzene rings is 3. The molecule has 3 aromatic rings. The Bertz CT molecular complexity index is 1170. The number of nitrogens with zero attached hydrogens (tertiary/aromatic N) is 1. The number of ether oxygens (including phenoxy) is 2. The molecule has 33 heavy (non-hydrogen) atoms. The summed E-state index contributed by atoms with van der Waals surface area (Å²) in [5, 5.41) is 4.07. The van der Waals surface area contributed by atoms with Crippen LogP contribution in [0.25, 0.3) is 0 Å². The van der Waals surface area contributed by atoms with Crippen molar-refractivity contribution in [3.63, 3.8) is 0 Å². The molecule has 0 bridgehead atoms. The number of hydrogen-bond acceptors (Lipinski definition) is 4. The molecule has 0 heterocycles. The number of carbonyl (C=O) groups is 1. The van der Waals surface area contributed by atoms with Gasteiger partial charge >= 0.3 is 6.18 Å². The van der Waals surface area contributed by atoms with Crippen LogP contribution < -0.4 is 14.9 Å². The largest absolute Gasteiger partial charge is 0.493 e. The molecule has 172 valence electrons. The van der Waals surface area contributed by atoms with Gasteiger partial charge in [-0.05, 0) is 76.2 Å². The van der Waals surface area contributed by atoms with E-state index in [-0.39, 0.29) is 17.2 Å². The van der Waals surface area contributed by atoms with Crippen LogP contribution in [-0.4, -0.2) is 19.2 Å². The van der Waals surface area contributed by atoms with E-state index in [1.807, 2.05) is 24.3 Å². The first-order chi connectivity index (χ1) is 15.7. The summed E-state index contributed by atoms with van der Waals surface area (Å²) in [6.45, 7) is 0.285. The summed E-state index contributed by atoms with van der Waals surface area (Å²) in [5.74, 6) is -0.0746. The molecule has 3 aromatic carbocycles. The van der Waals surface area contributed by atoms with Gasteiger partial charge < -0.3 is 9.47 Å². The summed E-state index contributed by atoms with van der Waals surface area (Å²) in [4.78, 5) is 12.1. The van der Waals surface area contributed by atoms with Crippen LogP contribution in [0.4, 0.5) is 13.2 Å². The smallest absolute Gasteiger partial charge is 0.416 e. The second kappa shape index (κ2) is 10.9. The summed E-state index contributed by atoms with van der Waals surface area (Å²) >= 11 is 8.55. The summed E-state index contributed by atoms with van der Waals surface area (Å²) in [6.07, 6.45) is -3.25. The molecule has 1 N–H and O–H groups in total. The molecule has 0 saturated heterocycles. The van der Waals surface area contributed by atoms with Gasteiger partial charge in [0.2, 0.25) is 0 Å². The third kappa shape index (κ3) is 6.84. The average Bonchev–Trinajstić information content (AvgIpc) is 2.78. The number of nitrogens with one attached hydrogen (secondary N) is 1. The van der Waals surface area contributed by atoms with Crippen molar-refractivity contribution in [2.75, 3.05) is 7.11 Å². The summed E-state index contributed by atoms with van der Waals surface area (Å²) in [6, 6.07) is 15.0. The van der Waals surface area contributed by atoms with Crippen molar-refractivity contribution < 1.29 is 27.4 Å². The SMILES string of the molecule is COc1cc(/C=N\NC(=O)c2cccc(C(F)(F)F)c2)cc(Cl)c1OCc1ccc(I)cc1. The number of carbonyl (C=O) groups excluding carboxylic acids is 1. The number of halogens is 5. The van der Waals surface area contributed by atoms with Crippen LogP contribution in [0.15, 0.2) is 65.8 Å². The van der Waals surface area contributed by atoms with E-state index < -0.39 is 17.6 Å². The number of alkyl halides is 3. The molecule has 3 rings (SSSR count). The highest BCUT2D eigenvalue weighted by Gasteiger charge is 2.30. The predicted molar refractivity (Wildman–Crippen MR) is 128 cm³/mol. The first-order valence-electron chi connectivity index (χ1n) is 9.43. The van der Waals surface area contributed by atoms with Crippen molar-refractivity contribution in [2.45, 2.75) is 12.8 Å². The number of methoxy groups -OCH3 is 1. The van der Waals surface area contributed by atoms with E-state index in [1.54, 1.807) is 12.1 Å². The fourth-order valence-corrected chi connectivity index (χ4v) is 3.39. The van der Waals surface area contributed by atoms with Crippen molar-refractivity contribution in [1.29, 1.82) is 0 Å². The van der Waals surface area contributed by atoms with E-state index in [9.17, 15) is 18.0 Å². The number of hydrogen-bond donors (Lipinski definition) is 1. The minimum atomic E-state index is -4.55. The molecule has 0 aliphatic carbocycles. The molecular weight excluding hydrogens is 572 g/mol. The molecule has 10 heteroatoms. The maximum atomic E-state index is 12.8. The summed E-state index contributed by atoms with van der Waals surface area (Å²) < 4.78 is 50.7. The van der Waals surface area contributed by atoms with Gasteiger partial charge in [-0.2, -0.15) is 18.3 Å². The van der Waals surface area contributed by atoms with E-state index in [1.165, 1.54) is 19.4 Å². The fourth-order valence-electron chi connectivity index (χ4n) is 2.76. The second-order valence-electron chi connectivity index (χ2n) is 6.73. The van der Waals surface area contributed by atoms with E-state index in [4.69, 9.17) is 21.1 Å². The average molecular weight is 589 g/mol. The van der Waals surface area contributed by atoms with Gasteiger partial charge in [-0.15, -0.1) is 0 Å². The molecule has 5 nitrogen and oxygen atoms in total. The van der Waals surface area contributed by atoms with Gasteiger partial charge in [0.05, 0.1) is 23.9 Å². The van der Waals surface area contributed by atoms with Gasteiger partial charge in [-0.1, -0.05) is 29.8 Å². The maximum Gasteiger partial charge on any atom is 0.416 e. The minimum absolute atomic E-state index is 0.170. The van der Waals surface area contributed by atoms with Crippen LogP contribution in [0.3, 0.4) is 0 Å². The lowest BCUT2D eigenvalue weighted by Gasteiger charge is -2.13. The Morgan fingerprint density at radius 3 is 2.55 bits per heavy atom. The maximum absolute atomic E-state index is 12.8. The van der Waals surface area contributed by atoms with Gasteiger partial charge in [-0.25, -0.2) is 5.43 Å². The number of rotatable bonds is 7. The summed E-state index contributed by atoms with van der Waals surface area (Å²) in [7, 11) is 1.46. The van der Waals surface area contributed by atoms with Crippen molar-refractivity contribution in [2.24, 2.45) is 5.10 Å². The van der Waals surface area contributed by atoms with Gasteiger partial charge in [-0.3, -0.25) is 4.79 Å². The van der Waals surface area contributed by atoms with Gasteiger partial charge in [0.15, 0.2) is 11.5 Å². The molecule has 0 atom stereocenters. The fraction of sp³-hybridized carbons (Fsp3) is 0.130. The minimum Gasteiger partial charge on any atom is -0.493 e. The Morgan fingerprint density at radius 2 is 1.88 bits per heavy atom. The second-order valence-corrected chi connectivity index (χ2v) is 8.38. The lowest BCUT2D eigenvalue weighted by atomic mass is 10.1. The topological polar surface area (TPSA) is 59.9 Å². The van der Waals surface area contributed by atoms with Crippen LogP contribution >= 0.6 is 34.2 Å². The van der Waals surface area contributed by atoms with Crippen molar-refractivity contribution in [1.82, 2.24) is 5.43 Å². The Morgan fingerprint density at radius 1 is 1.15 bits per heavy atom. The molecule has 0 aromatic heterocycles. The molecular formula is C23H17ClF3IN2O3.